The van der Waals surface area contributed by atoms with E-state index in [0.29, 0.717) is 23.1 Å². The van der Waals surface area contributed by atoms with Crippen molar-refractivity contribution < 1.29 is 9.66 Å². The SMILES string of the molecule is CCN/C(=C\[N+](=O)[O-])C(C)Oc1ccc(Cl)nc1. The van der Waals surface area contributed by atoms with Gasteiger partial charge in [-0.1, -0.05) is 11.6 Å². The summed E-state index contributed by atoms with van der Waals surface area (Å²) in [5, 5.41) is 13.7. The molecule has 1 N–H and O–H groups in total. The molecule has 0 bridgehead atoms. The van der Waals surface area contributed by atoms with E-state index in [1.54, 1.807) is 19.1 Å². The van der Waals surface area contributed by atoms with Gasteiger partial charge in [0.15, 0.2) is 0 Å². The maximum absolute atomic E-state index is 10.5. The molecule has 0 spiro atoms. The largest absolute Gasteiger partial charge is 0.483 e. The third-order valence-corrected chi connectivity index (χ3v) is 2.30. The average molecular weight is 272 g/mol. The van der Waals surface area contributed by atoms with Crippen LogP contribution in [0.1, 0.15) is 13.8 Å². The molecule has 6 nitrogen and oxygen atoms in total. The van der Waals surface area contributed by atoms with Crippen molar-refractivity contribution in [3.63, 3.8) is 0 Å². The minimum absolute atomic E-state index is 0.364. The molecule has 0 amide bonds. The van der Waals surface area contributed by atoms with Gasteiger partial charge in [0.05, 0.1) is 11.1 Å². The molecule has 1 aromatic rings. The molecular formula is C11H14ClN3O3. The minimum atomic E-state index is -0.516. The number of aromatic nitrogens is 1. The monoisotopic (exact) mass is 271 g/mol. The number of ether oxygens (including phenoxy) is 1. The van der Waals surface area contributed by atoms with Gasteiger partial charge in [-0.15, -0.1) is 0 Å². The Morgan fingerprint density at radius 1 is 1.72 bits per heavy atom. The van der Waals surface area contributed by atoms with Gasteiger partial charge in [-0.3, -0.25) is 10.1 Å². The summed E-state index contributed by atoms with van der Waals surface area (Å²) in [6.45, 7) is 4.14. The first kappa shape index (κ1) is 14.2. The lowest BCUT2D eigenvalue weighted by molar-refractivity contribution is -0.404. The number of nitrogens with one attached hydrogen (secondary N) is 1. The highest BCUT2D eigenvalue weighted by Crippen LogP contribution is 2.15. The minimum Gasteiger partial charge on any atom is -0.483 e. The molecule has 0 aromatic carbocycles. The number of hydrogen-bond donors (Lipinski definition) is 1. The van der Waals surface area contributed by atoms with Crippen LogP contribution in [0.5, 0.6) is 5.75 Å². The topological polar surface area (TPSA) is 77.3 Å². The molecular weight excluding hydrogens is 258 g/mol. The first-order valence-corrected chi connectivity index (χ1v) is 5.78. The smallest absolute Gasteiger partial charge is 0.257 e. The lowest BCUT2D eigenvalue weighted by Gasteiger charge is -2.16. The van der Waals surface area contributed by atoms with Crippen molar-refractivity contribution in [2.75, 3.05) is 6.54 Å². The molecule has 18 heavy (non-hydrogen) atoms. The van der Waals surface area contributed by atoms with Gasteiger partial charge in [0.25, 0.3) is 6.20 Å². The Morgan fingerprint density at radius 3 is 2.94 bits per heavy atom. The van der Waals surface area contributed by atoms with Crippen LogP contribution in [0.3, 0.4) is 0 Å². The van der Waals surface area contributed by atoms with Gasteiger partial charge in [-0.25, -0.2) is 4.98 Å². The van der Waals surface area contributed by atoms with Crippen LogP contribution in [0.2, 0.25) is 5.15 Å². The van der Waals surface area contributed by atoms with Gasteiger partial charge in [0, 0.05) is 6.54 Å². The first-order valence-electron chi connectivity index (χ1n) is 5.40. The molecule has 7 heteroatoms. The molecule has 1 unspecified atom stereocenters. The lowest BCUT2D eigenvalue weighted by Crippen LogP contribution is -2.27. The van der Waals surface area contributed by atoms with Crippen LogP contribution in [0.25, 0.3) is 0 Å². The van der Waals surface area contributed by atoms with E-state index in [1.807, 2.05) is 6.92 Å². The predicted molar refractivity (Wildman–Crippen MR) is 68.1 cm³/mol. The zero-order valence-electron chi connectivity index (χ0n) is 10.1. The maximum Gasteiger partial charge on any atom is 0.257 e. The number of nitro groups is 1. The van der Waals surface area contributed by atoms with Crippen molar-refractivity contribution >= 4 is 11.6 Å². The lowest BCUT2D eigenvalue weighted by atomic mass is 10.3. The fourth-order valence-electron chi connectivity index (χ4n) is 1.31. The van der Waals surface area contributed by atoms with Crippen LogP contribution in [-0.2, 0) is 0 Å². The van der Waals surface area contributed by atoms with Crippen molar-refractivity contribution in [1.82, 2.24) is 10.3 Å². The van der Waals surface area contributed by atoms with Gasteiger partial charge < -0.3 is 10.1 Å². The Bertz CT molecular complexity index is 434. The van der Waals surface area contributed by atoms with Crippen molar-refractivity contribution in [3.05, 3.63) is 45.5 Å². The predicted octanol–water partition coefficient (Wildman–Crippen LogP) is 2.23. The highest BCUT2D eigenvalue weighted by molar-refractivity contribution is 6.29. The zero-order valence-corrected chi connectivity index (χ0v) is 10.8. The Labute approximate surface area is 110 Å². The highest BCUT2D eigenvalue weighted by Gasteiger charge is 2.14. The summed E-state index contributed by atoms with van der Waals surface area (Å²) >= 11 is 5.65. The van der Waals surface area contributed by atoms with E-state index < -0.39 is 11.0 Å². The van der Waals surface area contributed by atoms with Crippen LogP contribution in [0.4, 0.5) is 0 Å². The summed E-state index contributed by atoms with van der Waals surface area (Å²) in [5.41, 5.74) is 0.400. The van der Waals surface area contributed by atoms with E-state index in [4.69, 9.17) is 16.3 Å². The fraction of sp³-hybridized carbons (Fsp3) is 0.364. The molecule has 1 rings (SSSR count). The van der Waals surface area contributed by atoms with Crippen molar-refractivity contribution in [1.29, 1.82) is 0 Å². The molecule has 0 aliphatic rings. The van der Waals surface area contributed by atoms with Gasteiger partial charge in [0.2, 0.25) is 0 Å². The highest BCUT2D eigenvalue weighted by atomic mass is 35.5. The number of likely N-dealkylation sites (N-methyl/N-ethyl adjacent to an activating group) is 1. The molecule has 0 aliphatic carbocycles. The van der Waals surface area contributed by atoms with E-state index in [1.165, 1.54) is 6.20 Å². The second-order valence-corrected chi connectivity index (χ2v) is 3.86. The molecule has 1 aromatic heterocycles. The Morgan fingerprint density at radius 2 is 2.44 bits per heavy atom. The van der Waals surface area contributed by atoms with E-state index in [-0.39, 0.29) is 0 Å². The second kappa shape index (κ2) is 6.80. The number of halogens is 1. The summed E-state index contributed by atoms with van der Waals surface area (Å²) in [6, 6.07) is 3.25. The molecule has 98 valence electrons. The average Bonchev–Trinajstić information content (AvgIpc) is 2.31. The standard InChI is InChI=1S/C11H14ClN3O3/c1-3-13-10(7-15(16)17)8(2)18-9-4-5-11(12)14-6-9/h4-8,13H,3H2,1-2H3/b10-7-. The van der Waals surface area contributed by atoms with Crippen molar-refractivity contribution in [2.45, 2.75) is 20.0 Å². The molecule has 0 radical (unpaired) electrons. The van der Waals surface area contributed by atoms with Crippen molar-refractivity contribution in [3.8, 4) is 5.75 Å². The first-order chi connectivity index (χ1) is 8.52. The van der Waals surface area contributed by atoms with Crippen LogP contribution in [0.15, 0.2) is 30.2 Å². The number of pyridine rings is 1. The van der Waals surface area contributed by atoms with Crippen LogP contribution < -0.4 is 10.1 Å². The van der Waals surface area contributed by atoms with E-state index in [9.17, 15) is 10.1 Å². The number of rotatable bonds is 6. The quantitative estimate of drug-likeness (QED) is 0.488. The number of hydrogen-bond acceptors (Lipinski definition) is 5. The third-order valence-electron chi connectivity index (χ3n) is 2.08. The van der Waals surface area contributed by atoms with Gasteiger partial charge in [-0.2, -0.15) is 0 Å². The van der Waals surface area contributed by atoms with E-state index in [2.05, 4.69) is 10.3 Å². The number of nitrogens with zero attached hydrogens (tertiary/aromatic N) is 2. The zero-order chi connectivity index (χ0) is 13.5. The normalized spacial score (nSPS) is 12.9. The maximum atomic E-state index is 10.5. The summed E-state index contributed by atoms with van der Waals surface area (Å²) in [6.07, 6.45) is 1.89. The Hall–Kier alpha value is -1.82. The molecule has 1 heterocycles. The van der Waals surface area contributed by atoms with Crippen molar-refractivity contribution in [2.24, 2.45) is 0 Å². The van der Waals surface area contributed by atoms with Crippen LogP contribution in [-0.4, -0.2) is 22.6 Å². The van der Waals surface area contributed by atoms with Crippen LogP contribution >= 0.6 is 11.6 Å². The van der Waals surface area contributed by atoms with E-state index >= 15 is 0 Å². The summed E-state index contributed by atoms with van der Waals surface area (Å²) < 4.78 is 5.53. The van der Waals surface area contributed by atoms with Gasteiger partial charge in [-0.05, 0) is 26.0 Å². The third kappa shape index (κ3) is 4.58. The molecule has 0 fully saturated rings. The molecule has 0 saturated carbocycles. The summed E-state index contributed by atoms with van der Waals surface area (Å²) in [7, 11) is 0. The Kier molecular flexibility index (Phi) is 5.38. The Balaban J connectivity index is 2.75. The summed E-state index contributed by atoms with van der Waals surface area (Å²) in [4.78, 5) is 13.8. The van der Waals surface area contributed by atoms with Crippen LogP contribution in [0, 0.1) is 10.1 Å². The summed E-state index contributed by atoms with van der Waals surface area (Å²) in [5.74, 6) is 0.499. The molecule has 0 aliphatic heterocycles. The fourth-order valence-corrected chi connectivity index (χ4v) is 1.42. The molecule has 1 atom stereocenters. The molecule has 0 saturated heterocycles. The van der Waals surface area contributed by atoms with Gasteiger partial charge >= 0.3 is 0 Å². The second-order valence-electron chi connectivity index (χ2n) is 3.48. The van der Waals surface area contributed by atoms with E-state index in [0.717, 1.165) is 6.20 Å². The van der Waals surface area contributed by atoms with Gasteiger partial charge in [0.1, 0.15) is 22.7 Å².